The van der Waals surface area contributed by atoms with Gasteiger partial charge < -0.3 is 14.2 Å². The second-order valence-electron chi connectivity index (χ2n) is 4.68. The molecule has 7 nitrogen and oxygen atoms in total. The maximum atomic E-state index is 12.8. The van der Waals surface area contributed by atoms with Gasteiger partial charge in [-0.15, -0.1) is 0 Å². The molecule has 24 heavy (non-hydrogen) atoms. The summed E-state index contributed by atoms with van der Waals surface area (Å²) in [5.74, 6) is 1.11. The molecule has 0 bridgehead atoms. The third-order valence-electron chi connectivity index (χ3n) is 3.45. The van der Waals surface area contributed by atoms with Crippen LogP contribution in [-0.4, -0.2) is 32.0 Å². The Morgan fingerprint density at radius 1 is 1.21 bits per heavy atom. The molecule has 2 heterocycles. The van der Waals surface area contributed by atoms with Crippen LogP contribution < -0.4 is 20.3 Å². The number of carbonyl (C=O) groups is 1. The van der Waals surface area contributed by atoms with Crippen molar-refractivity contribution in [3.8, 4) is 27.8 Å². The quantitative estimate of drug-likeness (QED) is 0.717. The maximum absolute atomic E-state index is 12.8. The van der Waals surface area contributed by atoms with Crippen LogP contribution in [0.25, 0.3) is 16.3 Å². The molecule has 2 aliphatic heterocycles. The van der Waals surface area contributed by atoms with Gasteiger partial charge in [-0.1, -0.05) is 20.7 Å². The molecule has 0 radical (unpaired) electrons. The predicted octanol–water partition coefficient (Wildman–Crippen LogP) is 3.26. The molecule has 2 aliphatic rings. The van der Waals surface area contributed by atoms with Crippen LogP contribution in [0.1, 0.15) is 0 Å². The summed E-state index contributed by atoms with van der Waals surface area (Å²) in [6.45, 7) is 0. The summed E-state index contributed by atoms with van der Waals surface area (Å²) >= 11 is 0. The average Bonchev–Trinajstić information content (AvgIpc) is 3.16. The summed E-state index contributed by atoms with van der Waals surface area (Å²) in [4.78, 5) is 25.1. The first kappa shape index (κ1) is 16.3. The maximum Gasteiger partial charge on any atom is 0.411 e. The Balaban J connectivity index is 2.21. The van der Waals surface area contributed by atoms with E-state index in [1.165, 1.54) is 39.5 Å². The van der Waals surface area contributed by atoms with Crippen molar-refractivity contribution < 1.29 is 19.0 Å². The summed E-state index contributed by atoms with van der Waals surface area (Å²) in [7, 11) is 7.20. The molecular formula is C15H14N2O5S2. The van der Waals surface area contributed by atoms with Crippen LogP contribution in [0, 0.1) is 0 Å². The molecule has 1 aromatic rings. The van der Waals surface area contributed by atoms with E-state index in [1.807, 2.05) is 5.38 Å². The van der Waals surface area contributed by atoms with Gasteiger partial charge in [-0.25, -0.2) is 4.79 Å². The number of anilines is 1. The van der Waals surface area contributed by atoms with Crippen molar-refractivity contribution in [2.45, 2.75) is 0 Å². The molecule has 1 amide bonds. The molecule has 0 aliphatic carbocycles. The number of hydrogen-bond acceptors (Lipinski definition) is 7. The molecule has 1 aromatic carbocycles. The first-order valence-electron chi connectivity index (χ1n) is 6.80. The van der Waals surface area contributed by atoms with Crippen molar-refractivity contribution >= 4 is 32.5 Å². The first-order valence-corrected chi connectivity index (χ1v) is 9.01. The normalized spacial score (nSPS) is 10.6. The van der Waals surface area contributed by atoms with Gasteiger partial charge in [0.1, 0.15) is 17.2 Å². The van der Waals surface area contributed by atoms with E-state index in [2.05, 4.69) is 10.1 Å². The van der Waals surface area contributed by atoms with Gasteiger partial charge in [0.05, 0.1) is 37.6 Å². The average molecular weight is 366 g/mol. The number of carbonyl (C=O) groups excluding carboxylic acids is 1. The van der Waals surface area contributed by atoms with E-state index in [9.17, 15) is 9.59 Å². The van der Waals surface area contributed by atoms with Crippen LogP contribution in [0.5, 0.6) is 11.5 Å². The SMILES string of the molecule is COC(=O)Nc1c2sscc-2n(-c2ccc(OC)cc2OC)c1=O. The number of methoxy groups -OCH3 is 3. The van der Waals surface area contributed by atoms with Crippen molar-refractivity contribution in [3.63, 3.8) is 0 Å². The zero-order valence-electron chi connectivity index (χ0n) is 13.1. The third kappa shape index (κ3) is 2.61. The molecule has 0 fully saturated rings. The molecule has 0 saturated heterocycles. The minimum atomic E-state index is -0.689. The van der Waals surface area contributed by atoms with E-state index in [0.717, 1.165) is 0 Å². The summed E-state index contributed by atoms with van der Waals surface area (Å²) in [6.07, 6.45) is -0.689. The van der Waals surface area contributed by atoms with Crippen LogP contribution in [0.3, 0.4) is 0 Å². The summed E-state index contributed by atoms with van der Waals surface area (Å²) < 4.78 is 16.7. The van der Waals surface area contributed by atoms with Gasteiger partial charge in [0.2, 0.25) is 0 Å². The molecule has 1 N–H and O–H groups in total. The van der Waals surface area contributed by atoms with Crippen molar-refractivity contribution in [3.05, 3.63) is 33.9 Å². The lowest BCUT2D eigenvalue weighted by Crippen LogP contribution is -2.20. The van der Waals surface area contributed by atoms with E-state index < -0.39 is 6.09 Å². The Morgan fingerprint density at radius 3 is 2.67 bits per heavy atom. The van der Waals surface area contributed by atoms with E-state index >= 15 is 0 Å². The highest BCUT2D eigenvalue weighted by Crippen LogP contribution is 2.40. The van der Waals surface area contributed by atoms with Crippen LogP contribution in [-0.2, 0) is 4.74 Å². The van der Waals surface area contributed by atoms with Gasteiger partial charge in [-0.05, 0) is 12.1 Å². The molecule has 0 unspecified atom stereocenters. The standard InChI is InChI=1S/C15H14N2O5S2/c1-20-8-4-5-9(11(6-8)21-2)17-10-7-23-24-13(10)12(14(17)18)16-15(19)22-3/h4-7H,1-3H3,(H,16,19). The number of hydrogen-bond donors (Lipinski definition) is 1. The van der Waals surface area contributed by atoms with Gasteiger partial charge >= 0.3 is 6.09 Å². The summed E-state index contributed by atoms with van der Waals surface area (Å²) in [5, 5.41) is 4.35. The number of fused-ring (bicyclic) bond motifs is 1. The predicted molar refractivity (Wildman–Crippen MR) is 93.5 cm³/mol. The number of ether oxygens (including phenoxy) is 3. The van der Waals surface area contributed by atoms with Crippen LogP contribution >= 0.6 is 20.7 Å². The number of rotatable bonds is 4. The highest BCUT2D eigenvalue weighted by molar-refractivity contribution is 7.70. The molecule has 9 heteroatoms. The van der Waals surface area contributed by atoms with Gasteiger partial charge in [0.25, 0.3) is 5.56 Å². The van der Waals surface area contributed by atoms with Crippen LogP contribution in [0.2, 0.25) is 0 Å². The summed E-state index contributed by atoms with van der Waals surface area (Å²) in [5.41, 5.74) is 1.11. The largest absolute Gasteiger partial charge is 0.497 e. The number of amides is 1. The van der Waals surface area contributed by atoms with E-state index in [-0.39, 0.29) is 11.2 Å². The van der Waals surface area contributed by atoms with Gasteiger partial charge in [-0.3, -0.25) is 14.7 Å². The zero-order chi connectivity index (χ0) is 17.3. The van der Waals surface area contributed by atoms with Crippen molar-refractivity contribution in [2.75, 3.05) is 26.6 Å². The van der Waals surface area contributed by atoms with Crippen molar-refractivity contribution in [1.82, 2.24) is 4.57 Å². The van der Waals surface area contributed by atoms with Crippen LogP contribution in [0.4, 0.5) is 10.5 Å². The summed E-state index contributed by atoms with van der Waals surface area (Å²) in [6, 6.07) is 5.18. The number of aromatic nitrogens is 1. The smallest absolute Gasteiger partial charge is 0.411 e. The second-order valence-corrected chi connectivity index (χ2v) is 6.76. The Hall–Kier alpha value is -2.52. The van der Waals surface area contributed by atoms with E-state index in [4.69, 9.17) is 9.47 Å². The van der Waals surface area contributed by atoms with Crippen molar-refractivity contribution in [2.24, 2.45) is 0 Å². The topological polar surface area (TPSA) is 78.8 Å². The highest BCUT2D eigenvalue weighted by Gasteiger charge is 2.26. The fourth-order valence-electron chi connectivity index (χ4n) is 2.33. The van der Waals surface area contributed by atoms with Crippen molar-refractivity contribution in [1.29, 1.82) is 0 Å². The van der Waals surface area contributed by atoms with Gasteiger partial charge in [0.15, 0.2) is 0 Å². The third-order valence-corrected chi connectivity index (χ3v) is 5.52. The molecular weight excluding hydrogens is 352 g/mol. The van der Waals surface area contributed by atoms with Crippen LogP contribution in [0.15, 0.2) is 28.4 Å². The number of nitrogens with zero attached hydrogens (tertiary/aromatic N) is 1. The molecule has 126 valence electrons. The lowest BCUT2D eigenvalue weighted by Gasteiger charge is -2.11. The Kier molecular flexibility index (Phi) is 4.45. The van der Waals surface area contributed by atoms with E-state index in [1.54, 1.807) is 25.3 Å². The first-order chi connectivity index (χ1) is 11.6. The number of benzene rings is 1. The zero-order valence-corrected chi connectivity index (χ0v) is 14.7. The lowest BCUT2D eigenvalue weighted by molar-refractivity contribution is 0.187. The number of nitrogens with one attached hydrogen (secondary N) is 1. The van der Waals surface area contributed by atoms with Gasteiger partial charge in [0, 0.05) is 11.4 Å². The Morgan fingerprint density at radius 2 is 2.00 bits per heavy atom. The fourth-order valence-corrected chi connectivity index (χ4v) is 4.53. The molecule has 0 atom stereocenters. The minimum absolute atomic E-state index is 0.195. The van der Waals surface area contributed by atoms with Gasteiger partial charge in [-0.2, -0.15) is 0 Å². The minimum Gasteiger partial charge on any atom is -0.497 e. The lowest BCUT2D eigenvalue weighted by atomic mass is 10.2. The second kappa shape index (κ2) is 6.54. The Labute approximate surface area is 144 Å². The molecule has 3 rings (SSSR count). The van der Waals surface area contributed by atoms with E-state index in [0.29, 0.717) is 27.8 Å². The Bertz CT molecular complexity index is 911. The molecule has 0 saturated carbocycles. The molecule has 0 aromatic heterocycles. The fraction of sp³-hybridized carbons (Fsp3) is 0.200. The molecule has 0 spiro atoms. The monoisotopic (exact) mass is 366 g/mol. The highest BCUT2D eigenvalue weighted by atomic mass is 32.9.